The lowest BCUT2D eigenvalue weighted by molar-refractivity contribution is -0.170. The van der Waals surface area contributed by atoms with Crippen molar-refractivity contribution in [2.24, 2.45) is 0 Å². The first-order valence-corrected chi connectivity index (χ1v) is 7.44. The summed E-state index contributed by atoms with van der Waals surface area (Å²) < 4.78 is 37.5. The van der Waals surface area contributed by atoms with Crippen LogP contribution in [0.5, 0.6) is 0 Å². The number of hydrogen-bond acceptors (Lipinski definition) is 2. The summed E-state index contributed by atoms with van der Waals surface area (Å²) in [6.45, 7) is 4.98. The first-order valence-electron chi connectivity index (χ1n) is 7.44. The molecule has 3 nitrogen and oxygen atoms in total. The maximum atomic E-state index is 12.5. The van der Waals surface area contributed by atoms with Crippen LogP contribution in [0.4, 0.5) is 24.5 Å². The van der Waals surface area contributed by atoms with Crippen LogP contribution in [0.3, 0.4) is 0 Å². The Labute approximate surface area is 128 Å². The number of carbonyl (C=O) groups excluding carboxylic acids is 1. The van der Waals surface area contributed by atoms with Gasteiger partial charge in [0, 0.05) is 31.0 Å². The standard InChI is InChI=1S/C16H21F3N2O/c1-11-10-13(20(3)15(22)16(17,18)19)7-8-14(11)21-9-5-4-6-12(21)2/h7-8,10,12H,4-6,9H2,1-3H3/t12-/m1/s1. The highest BCUT2D eigenvalue weighted by Gasteiger charge is 2.41. The molecule has 1 fully saturated rings. The molecule has 0 radical (unpaired) electrons. The van der Waals surface area contributed by atoms with Gasteiger partial charge in [0.1, 0.15) is 0 Å². The van der Waals surface area contributed by atoms with Gasteiger partial charge in [-0.25, -0.2) is 0 Å². The Balaban J connectivity index is 2.24. The summed E-state index contributed by atoms with van der Waals surface area (Å²) in [6, 6.07) is 5.45. The van der Waals surface area contributed by atoms with Gasteiger partial charge >= 0.3 is 12.1 Å². The summed E-state index contributed by atoms with van der Waals surface area (Å²) in [6.07, 6.45) is -1.41. The fourth-order valence-corrected chi connectivity index (χ4v) is 2.93. The van der Waals surface area contributed by atoms with Gasteiger partial charge in [-0.2, -0.15) is 13.2 Å². The van der Waals surface area contributed by atoms with Gasteiger partial charge in [0.25, 0.3) is 0 Å². The highest BCUT2D eigenvalue weighted by molar-refractivity contribution is 5.97. The third-order valence-electron chi connectivity index (χ3n) is 4.23. The number of carbonyl (C=O) groups is 1. The molecule has 0 bridgehead atoms. The number of piperidine rings is 1. The van der Waals surface area contributed by atoms with E-state index in [0.717, 1.165) is 37.7 Å². The van der Waals surface area contributed by atoms with Crippen molar-refractivity contribution in [1.29, 1.82) is 0 Å². The minimum Gasteiger partial charge on any atom is -0.369 e. The lowest BCUT2D eigenvalue weighted by atomic mass is 10.0. The van der Waals surface area contributed by atoms with E-state index in [9.17, 15) is 18.0 Å². The second kappa shape index (κ2) is 6.18. The Kier molecular flexibility index (Phi) is 4.68. The van der Waals surface area contributed by atoms with Crippen LogP contribution in [0.25, 0.3) is 0 Å². The molecule has 22 heavy (non-hydrogen) atoms. The molecule has 0 saturated carbocycles. The maximum absolute atomic E-state index is 12.5. The molecule has 1 aromatic rings. The minimum absolute atomic E-state index is 0.258. The van der Waals surface area contributed by atoms with E-state index < -0.39 is 12.1 Å². The number of rotatable bonds is 2. The largest absolute Gasteiger partial charge is 0.471 e. The average Bonchev–Trinajstić information content (AvgIpc) is 2.45. The van der Waals surface area contributed by atoms with Gasteiger partial charge in [-0.3, -0.25) is 4.79 Å². The summed E-state index contributed by atoms with van der Waals surface area (Å²) in [5.74, 6) is -1.86. The first kappa shape index (κ1) is 16.6. The lowest BCUT2D eigenvalue weighted by Gasteiger charge is -2.36. The van der Waals surface area contributed by atoms with Gasteiger partial charge in [0.05, 0.1) is 0 Å². The van der Waals surface area contributed by atoms with Gasteiger partial charge in [-0.15, -0.1) is 0 Å². The van der Waals surface area contributed by atoms with Crippen molar-refractivity contribution in [3.8, 4) is 0 Å². The van der Waals surface area contributed by atoms with Crippen molar-refractivity contribution in [1.82, 2.24) is 0 Å². The molecule has 2 rings (SSSR count). The van der Waals surface area contributed by atoms with E-state index >= 15 is 0 Å². The number of benzene rings is 1. The van der Waals surface area contributed by atoms with Crippen LogP contribution in [-0.4, -0.2) is 31.7 Å². The molecule has 0 aromatic heterocycles. The second-order valence-electron chi connectivity index (χ2n) is 5.87. The Morgan fingerprint density at radius 2 is 2.00 bits per heavy atom. The van der Waals surface area contributed by atoms with E-state index in [-0.39, 0.29) is 5.69 Å². The van der Waals surface area contributed by atoms with Crippen LogP contribution >= 0.6 is 0 Å². The molecule has 0 spiro atoms. The van der Waals surface area contributed by atoms with Gasteiger partial charge < -0.3 is 9.80 Å². The van der Waals surface area contributed by atoms with Gasteiger partial charge in [0.2, 0.25) is 0 Å². The Morgan fingerprint density at radius 1 is 1.32 bits per heavy atom. The molecule has 1 aliphatic rings. The molecule has 1 heterocycles. The molecule has 6 heteroatoms. The van der Waals surface area contributed by atoms with E-state index in [4.69, 9.17) is 0 Å². The van der Waals surface area contributed by atoms with E-state index in [0.29, 0.717) is 10.9 Å². The highest BCUT2D eigenvalue weighted by Crippen LogP contribution is 2.31. The van der Waals surface area contributed by atoms with E-state index in [1.165, 1.54) is 6.42 Å². The lowest BCUT2D eigenvalue weighted by Crippen LogP contribution is -2.39. The van der Waals surface area contributed by atoms with Crippen molar-refractivity contribution in [2.45, 2.75) is 45.3 Å². The number of alkyl halides is 3. The summed E-state index contributed by atoms with van der Waals surface area (Å²) in [5.41, 5.74) is 2.17. The summed E-state index contributed by atoms with van der Waals surface area (Å²) in [4.78, 5) is 14.2. The molecule has 122 valence electrons. The third-order valence-corrected chi connectivity index (χ3v) is 4.23. The van der Waals surface area contributed by atoms with Crippen LogP contribution in [0.15, 0.2) is 18.2 Å². The highest BCUT2D eigenvalue weighted by atomic mass is 19.4. The fourth-order valence-electron chi connectivity index (χ4n) is 2.93. The number of aryl methyl sites for hydroxylation is 1. The summed E-state index contributed by atoms with van der Waals surface area (Å²) in [5, 5.41) is 0. The Bertz CT molecular complexity index is 557. The zero-order valence-corrected chi connectivity index (χ0v) is 13.1. The fraction of sp³-hybridized carbons (Fsp3) is 0.562. The monoisotopic (exact) mass is 314 g/mol. The van der Waals surface area contributed by atoms with Crippen LogP contribution < -0.4 is 9.80 Å². The first-order chi connectivity index (χ1) is 10.2. The number of nitrogens with zero attached hydrogens (tertiary/aromatic N) is 2. The quantitative estimate of drug-likeness (QED) is 0.826. The van der Waals surface area contributed by atoms with Crippen molar-refractivity contribution >= 4 is 17.3 Å². The van der Waals surface area contributed by atoms with Crippen molar-refractivity contribution < 1.29 is 18.0 Å². The zero-order valence-electron chi connectivity index (χ0n) is 13.1. The molecular weight excluding hydrogens is 293 g/mol. The molecule has 1 atom stereocenters. The SMILES string of the molecule is Cc1cc(N(C)C(=O)C(F)(F)F)ccc1N1CCCC[C@H]1C. The Hall–Kier alpha value is -1.72. The number of halogens is 3. The van der Waals surface area contributed by atoms with Gasteiger partial charge in [-0.1, -0.05) is 0 Å². The third kappa shape index (κ3) is 3.36. The molecule has 1 amide bonds. The van der Waals surface area contributed by atoms with Gasteiger partial charge in [-0.05, 0) is 56.9 Å². The smallest absolute Gasteiger partial charge is 0.369 e. The van der Waals surface area contributed by atoms with Crippen LogP contribution in [0, 0.1) is 6.92 Å². The predicted octanol–water partition coefficient (Wildman–Crippen LogP) is 3.90. The molecular formula is C16H21F3N2O. The predicted molar refractivity (Wildman–Crippen MR) is 81.3 cm³/mol. The molecule has 0 unspecified atom stereocenters. The molecule has 1 aromatic carbocycles. The van der Waals surface area contributed by atoms with Crippen molar-refractivity contribution in [3.05, 3.63) is 23.8 Å². The molecule has 0 aliphatic carbocycles. The zero-order chi connectivity index (χ0) is 16.5. The normalized spacial score (nSPS) is 19.2. The average molecular weight is 314 g/mol. The van der Waals surface area contributed by atoms with E-state index in [1.807, 2.05) is 13.0 Å². The van der Waals surface area contributed by atoms with Crippen molar-refractivity contribution in [3.63, 3.8) is 0 Å². The Morgan fingerprint density at radius 3 is 2.55 bits per heavy atom. The van der Waals surface area contributed by atoms with Crippen LogP contribution in [-0.2, 0) is 4.79 Å². The number of hydrogen-bond donors (Lipinski definition) is 0. The van der Waals surface area contributed by atoms with Gasteiger partial charge in [0.15, 0.2) is 0 Å². The summed E-state index contributed by atoms with van der Waals surface area (Å²) >= 11 is 0. The van der Waals surface area contributed by atoms with Crippen LogP contribution in [0.1, 0.15) is 31.7 Å². The molecule has 1 aliphatic heterocycles. The molecule has 1 saturated heterocycles. The van der Waals surface area contributed by atoms with Crippen molar-refractivity contribution in [2.75, 3.05) is 23.4 Å². The van der Waals surface area contributed by atoms with E-state index in [1.54, 1.807) is 12.1 Å². The minimum atomic E-state index is -4.86. The summed E-state index contributed by atoms with van der Waals surface area (Å²) in [7, 11) is 1.15. The molecule has 0 N–H and O–H groups in total. The maximum Gasteiger partial charge on any atom is 0.471 e. The second-order valence-corrected chi connectivity index (χ2v) is 5.87. The number of amides is 1. The topological polar surface area (TPSA) is 23.6 Å². The van der Waals surface area contributed by atoms with Crippen LogP contribution in [0.2, 0.25) is 0 Å². The number of anilines is 2. The van der Waals surface area contributed by atoms with E-state index in [2.05, 4.69) is 11.8 Å².